The molecule has 4 nitrogen and oxygen atoms in total. The molecule has 2 atom stereocenters. The van der Waals surface area contributed by atoms with Gasteiger partial charge in [0.05, 0.1) is 18.2 Å². The highest BCUT2D eigenvalue weighted by molar-refractivity contribution is 7.80. The van der Waals surface area contributed by atoms with E-state index >= 15 is 0 Å². The van der Waals surface area contributed by atoms with Gasteiger partial charge in [-0.15, -0.1) is 0 Å². The maximum Gasteiger partial charge on any atom is 0.176 e. The summed E-state index contributed by atoms with van der Waals surface area (Å²) in [5, 5.41) is 28.7. The van der Waals surface area contributed by atoms with E-state index in [1.165, 1.54) is 19.2 Å². The Labute approximate surface area is 104 Å². The number of hydrogen-bond acceptors (Lipinski definition) is 5. The number of aromatic hydroxyl groups is 1. The molecule has 0 aromatic heterocycles. The molecule has 0 aliphatic heterocycles. The zero-order valence-corrected chi connectivity index (χ0v) is 10.2. The van der Waals surface area contributed by atoms with Gasteiger partial charge in [-0.05, 0) is 17.7 Å². The highest BCUT2D eigenvalue weighted by Gasteiger charge is 2.20. The number of thiol groups is 1. The van der Waals surface area contributed by atoms with Gasteiger partial charge in [-0.3, -0.25) is 0 Å². The quantitative estimate of drug-likeness (QED) is 0.620. The monoisotopic (exact) mass is 264 g/mol. The van der Waals surface area contributed by atoms with E-state index in [0.717, 1.165) is 0 Å². The summed E-state index contributed by atoms with van der Waals surface area (Å²) < 4.78 is 4.88. The number of benzene rings is 1. The average molecular weight is 265 g/mol. The zero-order chi connectivity index (χ0) is 12.3. The van der Waals surface area contributed by atoms with Gasteiger partial charge in [-0.2, -0.15) is 12.6 Å². The number of aliphatic hydroxyl groups excluding tert-OH is 2. The number of methoxy groups -OCH3 is 1. The highest BCUT2D eigenvalue weighted by Crippen LogP contribution is 2.37. The maximum atomic E-state index is 9.73. The summed E-state index contributed by atoms with van der Waals surface area (Å²) in [4.78, 5) is 0. The lowest BCUT2D eigenvalue weighted by atomic mass is 10.0. The minimum Gasteiger partial charge on any atom is -0.503 e. The summed E-state index contributed by atoms with van der Waals surface area (Å²) in [6, 6.07) is 2.79. The molecule has 0 aliphatic carbocycles. The summed E-state index contributed by atoms with van der Waals surface area (Å²) in [6.07, 6.45) is -2.13. The molecule has 0 bridgehead atoms. The fourth-order valence-electron chi connectivity index (χ4n) is 1.24. The number of phenolic OH excluding ortho intramolecular Hbond substituents is 1. The van der Waals surface area contributed by atoms with Crippen molar-refractivity contribution in [1.29, 1.82) is 0 Å². The molecule has 1 aromatic carbocycles. The molecule has 6 heteroatoms. The van der Waals surface area contributed by atoms with Gasteiger partial charge in [0, 0.05) is 5.75 Å². The largest absolute Gasteiger partial charge is 0.503 e. The molecule has 1 aromatic rings. The molecule has 90 valence electrons. The van der Waals surface area contributed by atoms with E-state index < -0.39 is 12.2 Å². The van der Waals surface area contributed by atoms with Gasteiger partial charge in [0.2, 0.25) is 0 Å². The maximum absolute atomic E-state index is 9.73. The van der Waals surface area contributed by atoms with Gasteiger partial charge in [0.1, 0.15) is 6.10 Å². The fraction of sp³-hybridized carbons (Fsp3) is 0.400. The van der Waals surface area contributed by atoms with Crippen molar-refractivity contribution < 1.29 is 20.1 Å². The third kappa shape index (κ3) is 2.74. The molecule has 0 heterocycles. The smallest absolute Gasteiger partial charge is 0.176 e. The molecule has 2 unspecified atom stereocenters. The standard InChI is InChI=1S/C10H13ClO4S/c1-15-8-3-5(2-6(11)10(8)14)9(13)7(12)4-16/h2-3,7,9,12-14,16H,4H2,1H3. The lowest BCUT2D eigenvalue weighted by Crippen LogP contribution is -2.19. The first kappa shape index (κ1) is 13.4. The second kappa shape index (κ2) is 5.63. The van der Waals surface area contributed by atoms with Gasteiger partial charge in [0.25, 0.3) is 0 Å². The molecule has 0 fully saturated rings. The topological polar surface area (TPSA) is 69.9 Å². The van der Waals surface area contributed by atoms with Crippen molar-refractivity contribution in [3.8, 4) is 11.5 Å². The van der Waals surface area contributed by atoms with E-state index in [0.29, 0.717) is 5.56 Å². The molecular weight excluding hydrogens is 252 g/mol. The van der Waals surface area contributed by atoms with Gasteiger partial charge >= 0.3 is 0 Å². The van der Waals surface area contributed by atoms with Crippen molar-refractivity contribution in [3.05, 3.63) is 22.7 Å². The van der Waals surface area contributed by atoms with E-state index in [2.05, 4.69) is 12.6 Å². The fourth-order valence-corrected chi connectivity index (χ4v) is 1.66. The first-order valence-corrected chi connectivity index (χ1v) is 5.55. The number of phenols is 1. The second-order valence-corrected chi connectivity index (χ2v) is 4.02. The zero-order valence-electron chi connectivity index (χ0n) is 8.59. The Kier molecular flexibility index (Phi) is 4.73. The van der Waals surface area contributed by atoms with E-state index in [9.17, 15) is 15.3 Å². The Bertz CT molecular complexity index is 372. The molecule has 0 radical (unpaired) electrons. The summed E-state index contributed by atoms with van der Waals surface area (Å²) in [5.74, 6) is 0.0653. The molecule has 3 N–H and O–H groups in total. The van der Waals surface area contributed by atoms with Crippen LogP contribution in [0.5, 0.6) is 11.5 Å². The molecule has 0 spiro atoms. The first-order valence-electron chi connectivity index (χ1n) is 4.54. The van der Waals surface area contributed by atoms with Crippen LogP contribution in [0, 0.1) is 0 Å². The van der Waals surface area contributed by atoms with E-state index in [1.807, 2.05) is 0 Å². The number of ether oxygens (including phenoxy) is 1. The molecule has 0 saturated heterocycles. The number of aliphatic hydroxyl groups is 2. The minimum absolute atomic E-state index is 0.0553. The summed E-state index contributed by atoms with van der Waals surface area (Å²) in [6.45, 7) is 0. The number of hydrogen-bond donors (Lipinski definition) is 4. The second-order valence-electron chi connectivity index (χ2n) is 3.25. The third-order valence-corrected chi connectivity index (χ3v) is 2.83. The molecule has 0 aliphatic rings. The third-order valence-electron chi connectivity index (χ3n) is 2.16. The summed E-state index contributed by atoms with van der Waals surface area (Å²) in [5.41, 5.74) is 0.362. The molecule has 1 rings (SSSR count). The van der Waals surface area contributed by atoms with Crippen LogP contribution in [0.4, 0.5) is 0 Å². The normalized spacial score (nSPS) is 14.6. The summed E-state index contributed by atoms with van der Waals surface area (Å²) >= 11 is 9.62. The van der Waals surface area contributed by atoms with Gasteiger partial charge in [-0.25, -0.2) is 0 Å². The Balaban J connectivity index is 3.10. The Morgan fingerprint density at radius 1 is 1.44 bits per heavy atom. The van der Waals surface area contributed by atoms with Crippen LogP contribution in [-0.2, 0) is 0 Å². The number of halogens is 1. The lowest BCUT2D eigenvalue weighted by Gasteiger charge is -2.17. The van der Waals surface area contributed by atoms with Crippen LogP contribution in [0.3, 0.4) is 0 Å². The molecule has 0 amide bonds. The van der Waals surface area contributed by atoms with E-state index in [1.54, 1.807) is 0 Å². The van der Waals surface area contributed by atoms with Crippen LogP contribution in [0.25, 0.3) is 0 Å². The van der Waals surface area contributed by atoms with Gasteiger partial charge in [0.15, 0.2) is 11.5 Å². The van der Waals surface area contributed by atoms with Crippen LogP contribution < -0.4 is 4.74 Å². The van der Waals surface area contributed by atoms with Crippen molar-refractivity contribution >= 4 is 24.2 Å². The molecule has 0 saturated carbocycles. The highest BCUT2D eigenvalue weighted by atomic mass is 35.5. The SMILES string of the molecule is COc1cc(C(O)C(O)CS)cc(Cl)c1O. The Morgan fingerprint density at radius 3 is 2.56 bits per heavy atom. The Morgan fingerprint density at radius 2 is 2.06 bits per heavy atom. The van der Waals surface area contributed by atoms with Crippen LogP contribution in [0.15, 0.2) is 12.1 Å². The van der Waals surface area contributed by atoms with Crippen LogP contribution in [-0.4, -0.2) is 34.3 Å². The summed E-state index contributed by atoms with van der Waals surface area (Å²) in [7, 11) is 1.37. The average Bonchev–Trinajstić information content (AvgIpc) is 2.30. The molecule has 16 heavy (non-hydrogen) atoms. The van der Waals surface area contributed by atoms with Crippen molar-refractivity contribution in [3.63, 3.8) is 0 Å². The van der Waals surface area contributed by atoms with E-state index in [4.69, 9.17) is 16.3 Å². The van der Waals surface area contributed by atoms with Crippen molar-refractivity contribution in [2.75, 3.05) is 12.9 Å². The predicted molar refractivity (Wildman–Crippen MR) is 64.5 cm³/mol. The van der Waals surface area contributed by atoms with Gasteiger partial charge in [-0.1, -0.05) is 11.6 Å². The van der Waals surface area contributed by atoms with Crippen LogP contribution >= 0.6 is 24.2 Å². The Hall–Kier alpha value is -0.620. The van der Waals surface area contributed by atoms with Crippen molar-refractivity contribution in [1.82, 2.24) is 0 Å². The van der Waals surface area contributed by atoms with Crippen LogP contribution in [0.1, 0.15) is 11.7 Å². The van der Waals surface area contributed by atoms with Crippen molar-refractivity contribution in [2.45, 2.75) is 12.2 Å². The van der Waals surface area contributed by atoms with Crippen LogP contribution in [0.2, 0.25) is 5.02 Å². The van der Waals surface area contributed by atoms with Crippen molar-refractivity contribution in [2.24, 2.45) is 0 Å². The predicted octanol–water partition coefficient (Wildman–Crippen LogP) is 1.38. The first-order chi connectivity index (χ1) is 7.51. The van der Waals surface area contributed by atoms with Gasteiger partial charge < -0.3 is 20.1 Å². The van der Waals surface area contributed by atoms with E-state index in [-0.39, 0.29) is 22.3 Å². The minimum atomic E-state index is -1.12. The molecular formula is C10H13ClO4S. The number of rotatable bonds is 4. The lowest BCUT2D eigenvalue weighted by molar-refractivity contribution is 0.0336.